The molecule has 0 unspecified atom stereocenters. The molecular formula is C23H19N5. The number of nitrogens with one attached hydrogen (secondary N) is 3. The molecule has 0 radical (unpaired) electrons. The molecule has 5 aromatic rings. The average molecular weight is 365 g/mol. The zero-order valence-corrected chi connectivity index (χ0v) is 15.2. The fourth-order valence-electron chi connectivity index (χ4n) is 3.29. The highest BCUT2D eigenvalue weighted by Gasteiger charge is 2.06. The van der Waals surface area contributed by atoms with Gasteiger partial charge in [0.1, 0.15) is 11.6 Å². The molecule has 0 saturated heterocycles. The number of aromatic nitrogens is 4. The van der Waals surface area contributed by atoms with Crippen molar-refractivity contribution in [3.05, 3.63) is 90.8 Å². The molecule has 2 aromatic heterocycles. The maximum atomic E-state index is 4.69. The molecular weight excluding hydrogens is 346 g/mol. The molecule has 0 saturated carbocycles. The summed E-state index contributed by atoms with van der Waals surface area (Å²) >= 11 is 0. The first-order valence-electron chi connectivity index (χ1n) is 9.23. The van der Waals surface area contributed by atoms with Gasteiger partial charge in [-0.05, 0) is 48.0 Å². The first kappa shape index (κ1) is 16.3. The second-order valence-corrected chi connectivity index (χ2v) is 6.67. The topological polar surface area (TPSA) is 69.4 Å². The van der Waals surface area contributed by atoms with E-state index in [1.165, 1.54) is 5.56 Å². The molecule has 3 N–H and O–H groups in total. The Hall–Kier alpha value is -3.86. The van der Waals surface area contributed by atoms with Gasteiger partial charge in [0.15, 0.2) is 0 Å². The van der Waals surface area contributed by atoms with Crippen molar-refractivity contribution in [1.82, 2.24) is 19.9 Å². The maximum absolute atomic E-state index is 4.69. The lowest BCUT2D eigenvalue weighted by Crippen LogP contribution is -1.99. The molecule has 0 aliphatic carbocycles. The van der Waals surface area contributed by atoms with Gasteiger partial charge in [0.25, 0.3) is 0 Å². The van der Waals surface area contributed by atoms with Gasteiger partial charge in [-0.3, -0.25) is 0 Å². The first-order valence-corrected chi connectivity index (χ1v) is 9.23. The molecule has 0 amide bonds. The SMILES string of the molecule is c1cc(CNc2ccc(-c3ncc[nH]3)cc2)cc(-c2nc3ccccc3[nH]2)c1. The third kappa shape index (κ3) is 3.25. The van der Waals surface area contributed by atoms with Gasteiger partial charge in [0, 0.05) is 35.8 Å². The number of imidazole rings is 2. The Balaban J connectivity index is 1.31. The number of aromatic amines is 2. The number of rotatable bonds is 5. The number of H-pyrrole nitrogens is 2. The van der Waals surface area contributed by atoms with E-state index in [0.29, 0.717) is 0 Å². The summed E-state index contributed by atoms with van der Waals surface area (Å²) in [6.45, 7) is 0.744. The van der Waals surface area contributed by atoms with Crippen molar-refractivity contribution in [1.29, 1.82) is 0 Å². The molecule has 5 heteroatoms. The second-order valence-electron chi connectivity index (χ2n) is 6.67. The normalized spacial score (nSPS) is 11.0. The summed E-state index contributed by atoms with van der Waals surface area (Å²) in [5.41, 5.74) is 6.47. The molecule has 0 aliphatic heterocycles. The first-order chi connectivity index (χ1) is 13.8. The summed E-state index contributed by atoms with van der Waals surface area (Å²) < 4.78 is 0. The molecule has 28 heavy (non-hydrogen) atoms. The molecule has 0 aliphatic rings. The van der Waals surface area contributed by atoms with E-state index in [0.717, 1.165) is 46.0 Å². The Morgan fingerprint density at radius 3 is 2.54 bits per heavy atom. The molecule has 5 nitrogen and oxygen atoms in total. The third-order valence-electron chi connectivity index (χ3n) is 4.74. The molecule has 0 bridgehead atoms. The van der Waals surface area contributed by atoms with Crippen molar-refractivity contribution < 1.29 is 0 Å². The van der Waals surface area contributed by atoms with Crippen LogP contribution in [0.3, 0.4) is 0 Å². The number of anilines is 1. The number of para-hydroxylation sites is 2. The second kappa shape index (κ2) is 7.04. The zero-order valence-electron chi connectivity index (χ0n) is 15.2. The fourth-order valence-corrected chi connectivity index (χ4v) is 3.29. The quantitative estimate of drug-likeness (QED) is 0.399. The fraction of sp³-hybridized carbons (Fsp3) is 0.0435. The van der Waals surface area contributed by atoms with Crippen LogP contribution < -0.4 is 5.32 Å². The van der Waals surface area contributed by atoms with E-state index in [4.69, 9.17) is 4.98 Å². The monoisotopic (exact) mass is 365 g/mol. The highest BCUT2D eigenvalue weighted by molar-refractivity contribution is 5.79. The van der Waals surface area contributed by atoms with Crippen molar-refractivity contribution >= 4 is 16.7 Å². The van der Waals surface area contributed by atoms with Gasteiger partial charge < -0.3 is 15.3 Å². The molecule has 0 spiro atoms. The van der Waals surface area contributed by atoms with E-state index in [2.05, 4.69) is 68.8 Å². The van der Waals surface area contributed by atoms with E-state index in [9.17, 15) is 0 Å². The van der Waals surface area contributed by atoms with Gasteiger partial charge in [-0.1, -0.05) is 30.3 Å². The molecule has 3 aromatic carbocycles. The van der Waals surface area contributed by atoms with E-state index in [-0.39, 0.29) is 0 Å². The highest BCUT2D eigenvalue weighted by atomic mass is 14.9. The minimum atomic E-state index is 0.744. The van der Waals surface area contributed by atoms with Crippen LogP contribution in [-0.4, -0.2) is 19.9 Å². The van der Waals surface area contributed by atoms with Crippen LogP contribution in [-0.2, 0) is 6.54 Å². The predicted molar refractivity (Wildman–Crippen MR) is 113 cm³/mol. The predicted octanol–water partition coefficient (Wildman–Crippen LogP) is 5.23. The van der Waals surface area contributed by atoms with Crippen LogP contribution in [0.1, 0.15) is 5.56 Å². The lowest BCUT2D eigenvalue weighted by molar-refractivity contribution is 1.15. The van der Waals surface area contributed by atoms with Gasteiger partial charge in [0.2, 0.25) is 0 Å². The largest absolute Gasteiger partial charge is 0.381 e. The number of nitrogens with zero attached hydrogens (tertiary/aromatic N) is 2. The van der Waals surface area contributed by atoms with E-state index >= 15 is 0 Å². The van der Waals surface area contributed by atoms with Crippen LogP contribution in [0.2, 0.25) is 0 Å². The summed E-state index contributed by atoms with van der Waals surface area (Å²) in [6.07, 6.45) is 3.59. The number of fused-ring (bicyclic) bond motifs is 1. The Kier molecular flexibility index (Phi) is 4.10. The van der Waals surface area contributed by atoms with Crippen molar-refractivity contribution in [3.8, 4) is 22.8 Å². The number of hydrogen-bond donors (Lipinski definition) is 3. The Bertz CT molecular complexity index is 1170. The Morgan fingerprint density at radius 2 is 1.71 bits per heavy atom. The van der Waals surface area contributed by atoms with Crippen molar-refractivity contribution in [2.75, 3.05) is 5.32 Å². The molecule has 5 rings (SSSR count). The van der Waals surface area contributed by atoms with Crippen LogP contribution in [0.4, 0.5) is 5.69 Å². The minimum absolute atomic E-state index is 0.744. The van der Waals surface area contributed by atoms with Crippen LogP contribution in [0, 0.1) is 0 Å². The lowest BCUT2D eigenvalue weighted by atomic mass is 10.1. The maximum Gasteiger partial charge on any atom is 0.138 e. The summed E-state index contributed by atoms with van der Waals surface area (Å²) in [7, 11) is 0. The van der Waals surface area contributed by atoms with Crippen molar-refractivity contribution in [3.63, 3.8) is 0 Å². The lowest BCUT2D eigenvalue weighted by Gasteiger charge is -2.08. The van der Waals surface area contributed by atoms with Crippen molar-refractivity contribution in [2.45, 2.75) is 6.54 Å². The summed E-state index contributed by atoms with van der Waals surface area (Å²) in [4.78, 5) is 15.5. The van der Waals surface area contributed by atoms with Crippen molar-refractivity contribution in [2.24, 2.45) is 0 Å². The van der Waals surface area contributed by atoms with Gasteiger partial charge >= 0.3 is 0 Å². The molecule has 0 fully saturated rings. The highest BCUT2D eigenvalue weighted by Crippen LogP contribution is 2.22. The van der Waals surface area contributed by atoms with E-state index in [1.54, 1.807) is 6.20 Å². The molecule has 136 valence electrons. The molecule has 0 atom stereocenters. The van der Waals surface area contributed by atoms with Gasteiger partial charge in [-0.25, -0.2) is 9.97 Å². The van der Waals surface area contributed by atoms with E-state index < -0.39 is 0 Å². The third-order valence-corrected chi connectivity index (χ3v) is 4.74. The summed E-state index contributed by atoms with van der Waals surface area (Å²) in [6, 6.07) is 24.8. The Labute approximate surface area is 162 Å². The Morgan fingerprint density at radius 1 is 0.821 bits per heavy atom. The molecule has 2 heterocycles. The average Bonchev–Trinajstić information content (AvgIpc) is 3.43. The van der Waals surface area contributed by atoms with Gasteiger partial charge in [0.05, 0.1) is 11.0 Å². The standard InChI is InChI=1S/C23H19N5/c1-2-7-21-20(6-1)27-23(28-21)18-5-3-4-16(14-18)15-26-19-10-8-17(9-11-19)22-24-12-13-25-22/h1-14,26H,15H2,(H,24,25)(H,27,28). The summed E-state index contributed by atoms with van der Waals surface area (Å²) in [5.74, 6) is 1.77. The van der Waals surface area contributed by atoms with Crippen LogP contribution in [0.15, 0.2) is 85.2 Å². The number of hydrogen-bond acceptors (Lipinski definition) is 3. The van der Waals surface area contributed by atoms with Crippen LogP contribution in [0.5, 0.6) is 0 Å². The smallest absolute Gasteiger partial charge is 0.138 e. The van der Waals surface area contributed by atoms with E-state index in [1.807, 2.05) is 30.5 Å². The van der Waals surface area contributed by atoms with Gasteiger partial charge in [-0.15, -0.1) is 0 Å². The van der Waals surface area contributed by atoms with Gasteiger partial charge in [-0.2, -0.15) is 0 Å². The zero-order chi connectivity index (χ0) is 18.8. The number of benzene rings is 3. The summed E-state index contributed by atoms with van der Waals surface area (Å²) in [5, 5.41) is 3.48. The van der Waals surface area contributed by atoms with Crippen LogP contribution >= 0.6 is 0 Å². The minimum Gasteiger partial charge on any atom is -0.381 e. The van der Waals surface area contributed by atoms with Crippen LogP contribution in [0.25, 0.3) is 33.8 Å².